The maximum atomic E-state index is 13.5. The van der Waals surface area contributed by atoms with E-state index >= 15 is 0 Å². The predicted octanol–water partition coefficient (Wildman–Crippen LogP) is 2.71. The van der Waals surface area contributed by atoms with E-state index in [0.717, 1.165) is 4.90 Å². The molecular formula is C16H10ClFN2O3. The summed E-state index contributed by atoms with van der Waals surface area (Å²) in [6, 6.07) is 9.93. The molecule has 7 heteroatoms. The third-order valence-electron chi connectivity index (χ3n) is 3.38. The predicted molar refractivity (Wildman–Crippen MR) is 81.8 cm³/mol. The number of fused-ring (bicyclic) bond motifs is 1. The number of nitrogens with zero attached hydrogens (tertiary/aromatic N) is 1. The minimum absolute atomic E-state index is 0.0165. The van der Waals surface area contributed by atoms with Gasteiger partial charge in [0.2, 0.25) is 5.91 Å². The van der Waals surface area contributed by atoms with Crippen molar-refractivity contribution in [3.8, 4) is 0 Å². The molecule has 1 aliphatic rings. The Morgan fingerprint density at radius 3 is 2.52 bits per heavy atom. The van der Waals surface area contributed by atoms with Crippen LogP contribution in [0.1, 0.15) is 20.7 Å². The smallest absolute Gasteiger partial charge is 0.262 e. The lowest BCUT2D eigenvalue weighted by atomic mass is 10.1. The first-order chi connectivity index (χ1) is 11.0. The van der Waals surface area contributed by atoms with Gasteiger partial charge in [-0.2, -0.15) is 0 Å². The van der Waals surface area contributed by atoms with Gasteiger partial charge in [0.15, 0.2) is 0 Å². The molecule has 0 saturated heterocycles. The van der Waals surface area contributed by atoms with Crippen molar-refractivity contribution in [2.75, 3.05) is 11.9 Å². The number of carbonyl (C=O) groups is 3. The first kappa shape index (κ1) is 15.2. The van der Waals surface area contributed by atoms with E-state index in [9.17, 15) is 18.8 Å². The number of hydrogen-bond donors (Lipinski definition) is 1. The van der Waals surface area contributed by atoms with Gasteiger partial charge in [-0.1, -0.05) is 23.7 Å². The summed E-state index contributed by atoms with van der Waals surface area (Å²) in [5.41, 5.74) is 0.330. The fourth-order valence-electron chi connectivity index (χ4n) is 2.30. The molecule has 1 N–H and O–H groups in total. The zero-order valence-electron chi connectivity index (χ0n) is 11.7. The molecule has 2 aromatic rings. The van der Waals surface area contributed by atoms with E-state index in [0.29, 0.717) is 5.02 Å². The van der Waals surface area contributed by atoms with Crippen LogP contribution in [-0.2, 0) is 4.79 Å². The zero-order valence-corrected chi connectivity index (χ0v) is 12.4. The molecule has 1 heterocycles. The summed E-state index contributed by atoms with van der Waals surface area (Å²) in [6.45, 7) is -0.502. The molecule has 0 spiro atoms. The molecule has 0 aromatic heterocycles. The average molecular weight is 333 g/mol. The third-order valence-corrected chi connectivity index (χ3v) is 3.62. The summed E-state index contributed by atoms with van der Waals surface area (Å²) in [5, 5.41) is 2.65. The number of rotatable bonds is 3. The van der Waals surface area contributed by atoms with E-state index in [2.05, 4.69) is 5.32 Å². The summed E-state index contributed by atoms with van der Waals surface area (Å²) >= 11 is 5.81. The van der Waals surface area contributed by atoms with Crippen LogP contribution in [0.25, 0.3) is 0 Å². The van der Waals surface area contributed by atoms with Crippen LogP contribution in [-0.4, -0.2) is 29.2 Å². The molecule has 3 rings (SSSR count). The van der Waals surface area contributed by atoms with Gasteiger partial charge < -0.3 is 5.32 Å². The third kappa shape index (κ3) is 2.80. The number of anilines is 1. The van der Waals surface area contributed by atoms with Crippen LogP contribution in [0.3, 0.4) is 0 Å². The topological polar surface area (TPSA) is 66.5 Å². The largest absolute Gasteiger partial charge is 0.322 e. The van der Waals surface area contributed by atoms with Crippen molar-refractivity contribution in [2.45, 2.75) is 0 Å². The molecule has 5 nitrogen and oxygen atoms in total. The maximum Gasteiger partial charge on any atom is 0.262 e. The van der Waals surface area contributed by atoms with Gasteiger partial charge in [0.25, 0.3) is 11.8 Å². The van der Waals surface area contributed by atoms with Crippen molar-refractivity contribution in [1.29, 1.82) is 0 Å². The number of benzene rings is 2. The highest BCUT2D eigenvalue weighted by molar-refractivity contribution is 6.32. The summed E-state index contributed by atoms with van der Waals surface area (Å²) in [4.78, 5) is 37.2. The molecule has 0 radical (unpaired) electrons. The lowest BCUT2D eigenvalue weighted by Gasteiger charge is -2.13. The van der Waals surface area contributed by atoms with Crippen molar-refractivity contribution < 1.29 is 18.8 Å². The SMILES string of the molecule is O=C(CN1C(=O)c2ccc(Cl)cc2C1=O)Nc1ccccc1F. The van der Waals surface area contributed by atoms with Crippen LogP contribution in [0.5, 0.6) is 0 Å². The van der Waals surface area contributed by atoms with Crippen molar-refractivity contribution in [1.82, 2.24) is 4.90 Å². The minimum atomic E-state index is -0.671. The van der Waals surface area contributed by atoms with Gasteiger partial charge >= 0.3 is 0 Å². The standard InChI is InChI=1S/C16H10ClFN2O3/c17-9-5-6-10-11(7-9)16(23)20(15(10)22)8-14(21)19-13-4-2-1-3-12(13)18/h1-7H,8H2,(H,19,21). The van der Waals surface area contributed by atoms with E-state index in [1.165, 1.54) is 36.4 Å². The van der Waals surface area contributed by atoms with E-state index in [1.807, 2.05) is 0 Å². The Kier molecular flexibility index (Phi) is 3.83. The molecule has 0 bridgehead atoms. The van der Waals surface area contributed by atoms with Crippen LogP contribution in [0.4, 0.5) is 10.1 Å². The van der Waals surface area contributed by atoms with Gasteiger partial charge in [-0.25, -0.2) is 4.39 Å². The van der Waals surface area contributed by atoms with Crippen LogP contribution in [0, 0.1) is 5.82 Å². The second-order valence-electron chi connectivity index (χ2n) is 4.91. The maximum absolute atomic E-state index is 13.5. The van der Waals surface area contributed by atoms with E-state index < -0.39 is 30.1 Å². The van der Waals surface area contributed by atoms with Gasteiger partial charge in [-0.3, -0.25) is 19.3 Å². The highest BCUT2D eigenvalue weighted by Gasteiger charge is 2.36. The minimum Gasteiger partial charge on any atom is -0.322 e. The van der Waals surface area contributed by atoms with Gasteiger partial charge in [0.05, 0.1) is 16.8 Å². The monoisotopic (exact) mass is 332 g/mol. The van der Waals surface area contributed by atoms with Crippen molar-refractivity contribution in [3.05, 3.63) is 64.4 Å². The summed E-state index contributed by atoms with van der Waals surface area (Å²) in [6.07, 6.45) is 0. The number of imide groups is 1. The van der Waals surface area contributed by atoms with Gasteiger partial charge in [-0.05, 0) is 30.3 Å². The molecule has 0 atom stereocenters. The Hall–Kier alpha value is -2.73. The average Bonchev–Trinajstić information content (AvgIpc) is 2.74. The van der Waals surface area contributed by atoms with Crippen molar-refractivity contribution in [3.63, 3.8) is 0 Å². The van der Waals surface area contributed by atoms with Gasteiger partial charge in [-0.15, -0.1) is 0 Å². The van der Waals surface area contributed by atoms with Crippen LogP contribution in [0.2, 0.25) is 5.02 Å². The van der Waals surface area contributed by atoms with Crippen LogP contribution in [0.15, 0.2) is 42.5 Å². The Balaban J connectivity index is 1.77. The molecular weight excluding hydrogens is 323 g/mol. The molecule has 2 aromatic carbocycles. The highest BCUT2D eigenvalue weighted by atomic mass is 35.5. The van der Waals surface area contributed by atoms with Gasteiger partial charge in [0.1, 0.15) is 12.4 Å². The summed E-state index contributed by atoms with van der Waals surface area (Å²) < 4.78 is 13.5. The molecule has 116 valence electrons. The Labute approximate surface area is 135 Å². The number of amides is 3. The van der Waals surface area contributed by atoms with Crippen molar-refractivity contribution >= 4 is 35.0 Å². The first-order valence-electron chi connectivity index (χ1n) is 6.67. The second-order valence-corrected chi connectivity index (χ2v) is 5.35. The molecule has 0 saturated carbocycles. The fourth-order valence-corrected chi connectivity index (χ4v) is 2.47. The number of halogens is 2. The Morgan fingerprint density at radius 1 is 1.09 bits per heavy atom. The first-order valence-corrected chi connectivity index (χ1v) is 7.05. The lowest BCUT2D eigenvalue weighted by molar-refractivity contribution is -0.116. The normalized spacial score (nSPS) is 13.2. The van der Waals surface area contributed by atoms with E-state index in [-0.39, 0.29) is 16.8 Å². The zero-order chi connectivity index (χ0) is 16.6. The summed E-state index contributed by atoms with van der Waals surface area (Å²) in [5.74, 6) is -2.45. The Morgan fingerprint density at radius 2 is 1.78 bits per heavy atom. The lowest BCUT2D eigenvalue weighted by Crippen LogP contribution is -2.37. The quantitative estimate of drug-likeness (QED) is 0.879. The van der Waals surface area contributed by atoms with E-state index in [1.54, 1.807) is 6.07 Å². The molecule has 0 unspecified atom stereocenters. The fraction of sp³-hybridized carbons (Fsp3) is 0.0625. The van der Waals surface area contributed by atoms with Crippen molar-refractivity contribution in [2.24, 2.45) is 0 Å². The van der Waals surface area contributed by atoms with E-state index in [4.69, 9.17) is 11.6 Å². The Bertz CT molecular complexity index is 838. The number of nitrogens with one attached hydrogen (secondary N) is 1. The molecule has 23 heavy (non-hydrogen) atoms. The second kappa shape index (κ2) is 5.81. The highest BCUT2D eigenvalue weighted by Crippen LogP contribution is 2.25. The van der Waals surface area contributed by atoms with Crippen LogP contribution >= 0.6 is 11.6 Å². The van der Waals surface area contributed by atoms with Gasteiger partial charge in [0, 0.05) is 5.02 Å². The molecule has 0 fully saturated rings. The summed E-state index contributed by atoms with van der Waals surface area (Å²) in [7, 11) is 0. The molecule has 3 amide bonds. The molecule has 0 aliphatic carbocycles. The number of carbonyl (C=O) groups excluding carboxylic acids is 3. The van der Waals surface area contributed by atoms with Crippen LogP contribution < -0.4 is 5.32 Å². The number of para-hydroxylation sites is 1. The number of hydrogen-bond acceptors (Lipinski definition) is 3. The molecule has 1 aliphatic heterocycles.